The van der Waals surface area contributed by atoms with Crippen molar-refractivity contribution in [3.05, 3.63) is 84.1 Å². The quantitative estimate of drug-likeness (QED) is 0.581. The lowest BCUT2D eigenvalue weighted by molar-refractivity contribution is 0.425. The standard InChI is InChI=1S/C21H18N4O/c22-20-10-9-18(21(23)24-20)19-13-17(25-26-19)12-14-5-4-8-16(11-14)15-6-2-1-3-7-15/h1-11,13H,12H2,(H4,22,23,24). The molecule has 26 heavy (non-hydrogen) atoms. The molecule has 0 spiro atoms. The van der Waals surface area contributed by atoms with E-state index in [0.29, 0.717) is 29.4 Å². The molecule has 2 heterocycles. The maximum absolute atomic E-state index is 5.92. The van der Waals surface area contributed by atoms with Gasteiger partial charge in [-0.1, -0.05) is 59.8 Å². The third-order valence-corrected chi connectivity index (χ3v) is 4.19. The average molecular weight is 342 g/mol. The topological polar surface area (TPSA) is 91.0 Å². The van der Waals surface area contributed by atoms with Crippen LogP contribution in [-0.4, -0.2) is 10.1 Å². The van der Waals surface area contributed by atoms with Gasteiger partial charge in [0, 0.05) is 12.5 Å². The van der Waals surface area contributed by atoms with E-state index in [2.05, 4.69) is 46.5 Å². The van der Waals surface area contributed by atoms with Gasteiger partial charge >= 0.3 is 0 Å². The summed E-state index contributed by atoms with van der Waals surface area (Å²) >= 11 is 0. The first-order chi connectivity index (χ1) is 12.7. The number of hydrogen-bond acceptors (Lipinski definition) is 5. The minimum Gasteiger partial charge on any atom is -0.384 e. The van der Waals surface area contributed by atoms with E-state index in [1.165, 1.54) is 11.1 Å². The number of hydrogen-bond donors (Lipinski definition) is 2. The van der Waals surface area contributed by atoms with Gasteiger partial charge in [-0.05, 0) is 28.8 Å². The Bertz CT molecular complexity index is 1040. The molecule has 0 saturated heterocycles. The van der Waals surface area contributed by atoms with Crippen LogP contribution in [-0.2, 0) is 6.42 Å². The lowest BCUT2D eigenvalue weighted by Crippen LogP contribution is -1.97. The molecular weight excluding hydrogens is 324 g/mol. The fraction of sp³-hybridized carbons (Fsp3) is 0.0476. The molecule has 4 N–H and O–H groups in total. The minimum atomic E-state index is 0.332. The van der Waals surface area contributed by atoms with Crippen molar-refractivity contribution in [1.82, 2.24) is 10.1 Å². The Labute approximate surface area is 151 Å². The minimum absolute atomic E-state index is 0.332. The van der Waals surface area contributed by atoms with Crippen molar-refractivity contribution in [2.24, 2.45) is 0 Å². The third-order valence-electron chi connectivity index (χ3n) is 4.19. The third kappa shape index (κ3) is 3.28. The lowest BCUT2D eigenvalue weighted by atomic mass is 10.0. The van der Waals surface area contributed by atoms with Crippen LogP contribution in [0.25, 0.3) is 22.5 Å². The number of benzene rings is 2. The van der Waals surface area contributed by atoms with E-state index in [4.69, 9.17) is 16.0 Å². The predicted molar refractivity (Wildman–Crippen MR) is 103 cm³/mol. The van der Waals surface area contributed by atoms with Gasteiger partial charge < -0.3 is 16.0 Å². The second kappa shape index (κ2) is 6.72. The van der Waals surface area contributed by atoms with Crippen molar-refractivity contribution in [1.29, 1.82) is 0 Å². The van der Waals surface area contributed by atoms with E-state index in [9.17, 15) is 0 Å². The molecule has 0 unspecified atom stereocenters. The van der Waals surface area contributed by atoms with E-state index < -0.39 is 0 Å². The first-order valence-corrected chi connectivity index (χ1v) is 8.31. The molecule has 0 saturated carbocycles. The maximum atomic E-state index is 5.92. The van der Waals surface area contributed by atoms with E-state index >= 15 is 0 Å². The normalized spacial score (nSPS) is 10.8. The number of nitrogens with zero attached hydrogens (tertiary/aromatic N) is 2. The van der Waals surface area contributed by atoms with Gasteiger partial charge in [-0.25, -0.2) is 4.98 Å². The van der Waals surface area contributed by atoms with Crippen molar-refractivity contribution in [3.8, 4) is 22.5 Å². The zero-order valence-electron chi connectivity index (χ0n) is 14.1. The highest BCUT2D eigenvalue weighted by atomic mass is 16.5. The van der Waals surface area contributed by atoms with Crippen molar-refractivity contribution < 1.29 is 4.52 Å². The number of pyridine rings is 1. The van der Waals surface area contributed by atoms with Crippen LogP contribution < -0.4 is 11.5 Å². The Morgan fingerprint density at radius 3 is 2.42 bits per heavy atom. The van der Waals surface area contributed by atoms with Gasteiger partial charge in [-0.2, -0.15) is 0 Å². The molecule has 0 amide bonds. The van der Waals surface area contributed by atoms with Gasteiger partial charge in [-0.15, -0.1) is 0 Å². The van der Waals surface area contributed by atoms with Gasteiger partial charge in [0.25, 0.3) is 0 Å². The number of aromatic nitrogens is 2. The molecule has 4 rings (SSSR count). The molecule has 0 fully saturated rings. The Kier molecular flexibility index (Phi) is 4.11. The second-order valence-corrected chi connectivity index (χ2v) is 6.09. The van der Waals surface area contributed by atoms with E-state index in [1.54, 1.807) is 12.1 Å². The number of nitrogens with two attached hydrogens (primary N) is 2. The van der Waals surface area contributed by atoms with Crippen LogP contribution in [0.1, 0.15) is 11.3 Å². The molecule has 4 aromatic rings. The molecule has 0 bridgehead atoms. The molecular formula is C21H18N4O. The highest BCUT2D eigenvalue weighted by Gasteiger charge is 2.12. The number of anilines is 2. The van der Waals surface area contributed by atoms with Crippen LogP contribution >= 0.6 is 0 Å². The summed E-state index contributed by atoms with van der Waals surface area (Å²) in [6, 6.07) is 24.1. The Morgan fingerprint density at radius 2 is 1.62 bits per heavy atom. The average Bonchev–Trinajstić information content (AvgIpc) is 3.11. The van der Waals surface area contributed by atoms with Crippen LogP contribution in [0.3, 0.4) is 0 Å². The van der Waals surface area contributed by atoms with Crippen molar-refractivity contribution >= 4 is 11.6 Å². The zero-order chi connectivity index (χ0) is 17.9. The summed E-state index contributed by atoms with van der Waals surface area (Å²) in [5, 5.41) is 4.16. The van der Waals surface area contributed by atoms with Gasteiger partial charge in [0.2, 0.25) is 0 Å². The molecule has 0 atom stereocenters. The number of rotatable bonds is 4. The molecule has 5 nitrogen and oxygen atoms in total. The van der Waals surface area contributed by atoms with Crippen LogP contribution in [0.5, 0.6) is 0 Å². The van der Waals surface area contributed by atoms with Crippen molar-refractivity contribution in [3.63, 3.8) is 0 Å². The molecule has 128 valence electrons. The lowest BCUT2D eigenvalue weighted by Gasteiger charge is -2.04. The van der Waals surface area contributed by atoms with E-state index in [0.717, 1.165) is 11.3 Å². The van der Waals surface area contributed by atoms with Crippen molar-refractivity contribution in [2.45, 2.75) is 6.42 Å². The van der Waals surface area contributed by atoms with Gasteiger partial charge in [-0.3, -0.25) is 0 Å². The first kappa shape index (κ1) is 15.9. The zero-order valence-corrected chi connectivity index (χ0v) is 14.1. The monoisotopic (exact) mass is 342 g/mol. The first-order valence-electron chi connectivity index (χ1n) is 8.31. The summed E-state index contributed by atoms with van der Waals surface area (Å²) < 4.78 is 5.45. The van der Waals surface area contributed by atoms with Crippen LogP contribution in [0, 0.1) is 0 Å². The second-order valence-electron chi connectivity index (χ2n) is 6.09. The summed E-state index contributed by atoms with van der Waals surface area (Å²) in [6.07, 6.45) is 0.673. The van der Waals surface area contributed by atoms with Crippen LogP contribution in [0.2, 0.25) is 0 Å². The maximum Gasteiger partial charge on any atom is 0.170 e. The summed E-state index contributed by atoms with van der Waals surface area (Å²) in [5.74, 6) is 1.30. The summed E-state index contributed by atoms with van der Waals surface area (Å²) in [5.41, 5.74) is 16.6. The molecule has 2 aromatic carbocycles. The van der Waals surface area contributed by atoms with Gasteiger partial charge in [0.15, 0.2) is 5.76 Å². The largest absolute Gasteiger partial charge is 0.384 e. The SMILES string of the molecule is Nc1ccc(-c2cc(Cc3cccc(-c4ccccc4)c3)no2)c(N)n1. The van der Waals surface area contributed by atoms with Crippen molar-refractivity contribution in [2.75, 3.05) is 11.5 Å². The Balaban J connectivity index is 1.58. The molecule has 0 aliphatic carbocycles. The van der Waals surface area contributed by atoms with Gasteiger partial charge in [0.1, 0.15) is 11.6 Å². The highest BCUT2D eigenvalue weighted by molar-refractivity contribution is 5.71. The van der Waals surface area contributed by atoms with Crippen LogP contribution in [0.4, 0.5) is 11.6 Å². The fourth-order valence-electron chi connectivity index (χ4n) is 2.92. The van der Waals surface area contributed by atoms with Crippen LogP contribution in [0.15, 0.2) is 77.3 Å². The smallest absolute Gasteiger partial charge is 0.170 e. The van der Waals surface area contributed by atoms with Gasteiger partial charge in [0.05, 0.1) is 11.3 Å². The molecule has 5 heteroatoms. The molecule has 0 aliphatic heterocycles. The molecule has 0 radical (unpaired) electrons. The summed E-state index contributed by atoms with van der Waals surface area (Å²) in [7, 11) is 0. The highest BCUT2D eigenvalue weighted by Crippen LogP contribution is 2.27. The molecule has 2 aromatic heterocycles. The summed E-state index contributed by atoms with van der Waals surface area (Å²) in [4.78, 5) is 4.06. The van der Waals surface area contributed by atoms with E-state index in [-0.39, 0.29) is 0 Å². The Hall–Kier alpha value is -3.60. The summed E-state index contributed by atoms with van der Waals surface area (Å²) in [6.45, 7) is 0. The van der Waals surface area contributed by atoms with E-state index in [1.807, 2.05) is 24.3 Å². The Morgan fingerprint density at radius 1 is 0.808 bits per heavy atom. The molecule has 0 aliphatic rings. The fourth-order valence-corrected chi connectivity index (χ4v) is 2.92. The predicted octanol–water partition coefficient (Wildman–Crippen LogP) is 4.16. The number of nitrogen functional groups attached to an aromatic ring is 2.